The molecule has 1 aliphatic heterocycles. The van der Waals surface area contributed by atoms with Crippen LogP contribution in [-0.2, 0) is 13.3 Å². The van der Waals surface area contributed by atoms with E-state index < -0.39 is 15.1 Å². The highest BCUT2D eigenvalue weighted by molar-refractivity contribution is 6.30. The third-order valence-electron chi connectivity index (χ3n) is 0.654. The third kappa shape index (κ3) is 0.839. The molecule has 0 aromatic carbocycles. The van der Waals surface area contributed by atoms with E-state index in [-0.39, 0.29) is 5.88 Å². The Morgan fingerprint density at radius 2 is 2.25 bits per heavy atom. The fraction of sp³-hybridized carbons (Fsp3) is 1.00. The van der Waals surface area contributed by atoms with Crippen LogP contribution in [0.4, 0.5) is 0 Å². The maximum absolute atomic E-state index is 10.00. The molecule has 0 aromatic rings. The lowest BCUT2D eigenvalue weighted by atomic mass is 10.7. The quantitative estimate of drug-likeness (QED) is 0.402. The molecule has 0 unspecified atom stereocenters. The van der Waals surface area contributed by atoms with Crippen molar-refractivity contribution in [2.45, 2.75) is 5.97 Å². The molecule has 1 fully saturated rings. The second-order valence-electron chi connectivity index (χ2n) is 1.30. The largest absolute Gasteiger partial charge is 0.776 e. The predicted octanol–water partition coefficient (Wildman–Crippen LogP) is -0.667. The molecular weight excluding hydrogens is 152 g/mol. The van der Waals surface area contributed by atoms with Gasteiger partial charge < -0.3 is 14.0 Å². The van der Waals surface area contributed by atoms with Gasteiger partial charge in [0.15, 0.2) is 0 Å². The summed E-state index contributed by atoms with van der Waals surface area (Å²) in [5, 5.41) is 8.64. The SMILES string of the molecule is O=[Si]1OC(O)(CCl)O1. The molecule has 1 rings (SSSR count). The zero-order chi connectivity index (χ0) is 6.20. The van der Waals surface area contributed by atoms with Crippen LogP contribution in [0.25, 0.3) is 0 Å². The molecule has 0 amide bonds. The first kappa shape index (κ1) is 5.99. The molecule has 4 nitrogen and oxygen atoms in total. The number of rotatable bonds is 1. The molecule has 0 aromatic heterocycles. The van der Waals surface area contributed by atoms with Crippen LogP contribution in [0.15, 0.2) is 0 Å². The van der Waals surface area contributed by atoms with Crippen LogP contribution in [-0.4, -0.2) is 26.1 Å². The topological polar surface area (TPSA) is 55.8 Å². The zero-order valence-electron chi connectivity index (χ0n) is 3.76. The average molecular weight is 155 g/mol. The van der Waals surface area contributed by atoms with Gasteiger partial charge in [-0.2, -0.15) is 0 Å². The molecule has 0 aliphatic carbocycles. The van der Waals surface area contributed by atoms with Gasteiger partial charge in [-0.25, -0.2) is 0 Å². The van der Waals surface area contributed by atoms with Crippen LogP contribution in [0.5, 0.6) is 0 Å². The summed E-state index contributed by atoms with van der Waals surface area (Å²) in [7, 11) is -2.40. The molecule has 0 saturated carbocycles. The van der Waals surface area contributed by atoms with Gasteiger partial charge in [0.05, 0.1) is 0 Å². The smallest absolute Gasteiger partial charge is 0.435 e. The predicted molar refractivity (Wildman–Crippen MR) is 24.3 cm³/mol. The summed E-state index contributed by atoms with van der Waals surface area (Å²) in [6.07, 6.45) is 0. The Morgan fingerprint density at radius 1 is 1.75 bits per heavy atom. The molecule has 0 radical (unpaired) electrons. The molecule has 1 aliphatic rings. The monoisotopic (exact) mass is 154 g/mol. The van der Waals surface area contributed by atoms with Gasteiger partial charge in [0, 0.05) is 0 Å². The van der Waals surface area contributed by atoms with Gasteiger partial charge in [0.1, 0.15) is 5.88 Å². The minimum atomic E-state index is -2.40. The molecule has 46 valence electrons. The lowest BCUT2D eigenvalue weighted by molar-refractivity contribution is -0.338. The van der Waals surface area contributed by atoms with E-state index in [1.807, 2.05) is 0 Å². The highest BCUT2D eigenvalue weighted by Crippen LogP contribution is 2.20. The van der Waals surface area contributed by atoms with E-state index in [1.165, 1.54) is 0 Å². The molecule has 0 bridgehead atoms. The number of aliphatic hydroxyl groups is 1. The van der Waals surface area contributed by atoms with Gasteiger partial charge in [-0.1, -0.05) is 0 Å². The van der Waals surface area contributed by atoms with E-state index in [1.54, 1.807) is 0 Å². The summed E-state index contributed by atoms with van der Waals surface area (Å²) in [5.41, 5.74) is 0. The second kappa shape index (κ2) is 1.68. The molecule has 6 heteroatoms. The lowest BCUT2D eigenvalue weighted by Gasteiger charge is -2.32. The van der Waals surface area contributed by atoms with E-state index >= 15 is 0 Å². The highest BCUT2D eigenvalue weighted by atomic mass is 35.5. The van der Waals surface area contributed by atoms with Gasteiger partial charge >= 0.3 is 15.1 Å². The van der Waals surface area contributed by atoms with Gasteiger partial charge in [-0.3, -0.25) is 4.46 Å². The number of hydrogen-bond donors (Lipinski definition) is 1. The van der Waals surface area contributed by atoms with Crippen LogP contribution in [0.3, 0.4) is 0 Å². The number of alkyl halides is 1. The Labute approximate surface area is 51.9 Å². The maximum Gasteiger partial charge on any atom is 0.776 e. The highest BCUT2D eigenvalue weighted by Gasteiger charge is 2.48. The summed E-state index contributed by atoms with van der Waals surface area (Å²) in [4.78, 5) is 0. The summed E-state index contributed by atoms with van der Waals surface area (Å²) < 4.78 is 18.4. The van der Waals surface area contributed by atoms with Crippen molar-refractivity contribution in [1.82, 2.24) is 0 Å². The average Bonchev–Trinajstić information content (AvgIpc) is 1.63. The summed E-state index contributed by atoms with van der Waals surface area (Å²) in [6.45, 7) is 0. The number of hydrogen-bond acceptors (Lipinski definition) is 4. The minimum Gasteiger partial charge on any atom is -0.435 e. The Hall–Kier alpha value is -0.133. The normalized spacial score (nSPS) is 23.0. The van der Waals surface area contributed by atoms with Crippen molar-refractivity contribution in [2.75, 3.05) is 5.88 Å². The van der Waals surface area contributed by atoms with Crippen molar-refractivity contribution in [3.05, 3.63) is 0 Å². The number of halogens is 1. The first-order valence-corrected chi connectivity index (χ1v) is 3.62. The van der Waals surface area contributed by atoms with Crippen molar-refractivity contribution in [2.24, 2.45) is 0 Å². The van der Waals surface area contributed by atoms with Gasteiger partial charge in [0.25, 0.3) is 0 Å². The summed E-state index contributed by atoms with van der Waals surface area (Å²) >= 11 is 5.09. The van der Waals surface area contributed by atoms with Gasteiger partial charge in [-0.15, -0.1) is 11.6 Å². The molecule has 1 heterocycles. The zero-order valence-corrected chi connectivity index (χ0v) is 5.51. The van der Waals surface area contributed by atoms with Crippen molar-refractivity contribution in [3.8, 4) is 0 Å². The summed E-state index contributed by atoms with van der Waals surface area (Å²) in [6, 6.07) is 0. The van der Waals surface area contributed by atoms with E-state index in [2.05, 4.69) is 8.85 Å². The fourth-order valence-corrected chi connectivity index (χ4v) is 1.30. The Morgan fingerprint density at radius 3 is 2.38 bits per heavy atom. The van der Waals surface area contributed by atoms with Crippen molar-refractivity contribution >= 4 is 20.8 Å². The molecule has 1 saturated heterocycles. The fourth-order valence-electron chi connectivity index (χ4n) is 0.323. The molecule has 1 N–H and O–H groups in total. The Bertz CT molecular complexity index is 117. The van der Waals surface area contributed by atoms with E-state index in [0.29, 0.717) is 0 Å². The molecule has 0 atom stereocenters. The van der Waals surface area contributed by atoms with E-state index in [0.717, 1.165) is 0 Å². The van der Waals surface area contributed by atoms with Crippen LogP contribution in [0, 0.1) is 0 Å². The molecule has 8 heavy (non-hydrogen) atoms. The lowest BCUT2D eigenvalue weighted by Crippen LogP contribution is -2.53. The maximum atomic E-state index is 10.00. The van der Waals surface area contributed by atoms with E-state index in [4.69, 9.17) is 16.7 Å². The van der Waals surface area contributed by atoms with Crippen LogP contribution >= 0.6 is 11.6 Å². The second-order valence-corrected chi connectivity index (χ2v) is 2.48. The molecule has 0 spiro atoms. The third-order valence-corrected chi connectivity index (χ3v) is 1.96. The van der Waals surface area contributed by atoms with Crippen molar-refractivity contribution < 1.29 is 18.4 Å². The first-order valence-electron chi connectivity index (χ1n) is 1.87. The van der Waals surface area contributed by atoms with Crippen molar-refractivity contribution in [3.63, 3.8) is 0 Å². The first-order chi connectivity index (χ1) is 3.66. The Kier molecular flexibility index (Phi) is 1.26. The van der Waals surface area contributed by atoms with Crippen LogP contribution in [0.2, 0.25) is 0 Å². The van der Waals surface area contributed by atoms with E-state index in [9.17, 15) is 4.46 Å². The van der Waals surface area contributed by atoms with Gasteiger partial charge in [0.2, 0.25) is 0 Å². The van der Waals surface area contributed by atoms with Crippen LogP contribution < -0.4 is 0 Å². The standard InChI is InChI=1S/C2H3ClO4Si/c3-1-2(4)6-8(5)7-2/h4H,1H2. The van der Waals surface area contributed by atoms with Crippen molar-refractivity contribution in [1.29, 1.82) is 0 Å². The molecular formula is C2H3ClO4Si. The Balaban J connectivity index is 2.40. The summed E-state index contributed by atoms with van der Waals surface area (Å²) in [5.74, 6) is -1.99. The minimum absolute atomic E-state index is 0.219. The van der Waals surface area contributed by atoms with Crippen LogP contribution in [0.1, 0.15) is 0 Å². The van der Waals surface area contributed by atoms with Gasteiger partial charge in [-0.05, 0) is 0 Å².